The lowest BCUT2D eigenvalue weighted by Crippen LogP contribution is -1.93. The summed E-state index contributed by atoms with van der Waals surface area (Å²) in [4.78, 5) is 15.1. The number of fused-ring (bicyclic) bond motifs is 1. The molecular weight excluding hydrogens is 166 g/mol. The van der Waals surface area contributed by atoms with Crippen molar-refractivity contribution in [1.29, 1.82) is 0 Å². The van der Waals surface area contributed by atoms with Crippen LogP contribution in [0.5, 0.6) is 0 Å². The number of H-pyrrole nitrogens is 1. The van der Waals surface area contributed by atoms with Crippen molar-refractivity contribution in [2.75, 3.05) is 5.73 Å². The zero-order chi connectivity index (χ0) is 9.26. The molecule has 2 aromatic rings. The molecule has 66 valence electrons. The normalized spacial score (nSPS) is 10.5. The standard InChI is InChI=1S/C8H9N5/c1-2-3-6-11-5-4-10-8(9)13-7(5)12-6/h2,4H,1,3H2,(H3,9,10,11,12,13). The summed E-state index contributed by atoms with van der Waals surface area (Å²) < 4.78 is 0. The molecule has 0 fully saturated rings. The Balaban J connectivity index is 2.55. The number of hydrogen-bond donors (Lipinski definition) is 2. The van der Waals surface area contributed by atoms with Crippen LogP contribution in [0, 0.1) is 0 Å². The van der Waals surface area contributed by atoms with Gasteiger partial charge in [-0.3, -0.25) is 0 Å². The van der Waals surface area contributed by atoms with Gasteiger partial charge in [-0.15, -0.1) is 6.58 Å². The fraction of sp³-hybridized carbons (Fsp3) is 0.125. The van der Waals surface area contributed by atoms with E-state index in [1.807, 2.05) is 0 Å². The van der Waals surface area contributed by atoms with Gasteiger partial charge in [0, 0.05) is 6.42 Å². The molecule has 5 nitrogen and oxygen atoms in total. The number of nitrogen functional groups attached to an aromatic ring is 1. The molecule has 0 radical (unpaired) electrons. The topological polar surface area (TPSA) is 80.5 Å². The van der Waals surface area contributed by atoms with Crippen LogP contribution in [0.1, 0.15) is 5.82 Å². The predicted molar refractivity (Wildman–Crippen MR) is 50.0 cm³/mol. The van der Waals surface area contributed by atoms with Crippen molar-refractivity contribution in [2.45, 2.75) is 6.42 Å². The highest BCUT2D eigenvalue weighted by molar-refractivity contribution is 5.70. The van der Waals surface area contributed by atoms with Crippen molar-refractivity contribution >= 4 is 17.1 Å². The van der Waals surface area contributed by atoms with Gasteiger partial charge in [0.2, 0.25) is 5.95 Å². The summed E-state index contributed by atoms with van der Waals surface area (Å²) in [6, 6.07) is 0. The molecular formula is C8H9N5. The third-order valence-electron chi connectivity index (χ3n) is 1.64. The van der Waals surface area contributed by atoms with Crippen molar-refractivity contribution in [3.05, 3.63) is 24.7 Å². The Labute approximate surface area is 74.7 Å². The minimum atomic E-state index is 0.240. The second kappa shape index (κ2) is 2.85. The molecule has 0 aromatic carbocycles. The molecule has 13 heavy (non-hydrogen) atoms. The molecule has 0 spiro atoms. The van der Waals surface area contributed by atoms with E-state index in [1.165, 1.54) is 0 Å². The fourth-order valence-corrected chi connectivity index (χ4v) is 1.10. The highest BCUT2D eigenvalue weighted by Gasteiger charge is 2.02. The maximum absolute atomic E-state index is 5.41. The van der Waals surface area contributed by atoms with E-state index in [0.29, 0.717) is 12.1 Å². The second-order valence-electron chi connectivity index (χ2n) is 2.64. The Morgan fingerprint density at radius 1 is 1.54 bits per heavy atom. The smallest absolute Gasteiger partial charge is 0.222 e. The summed E-state index contributed by atoms with van der Waals surface area (Å²) in [5.74, 6) is 1.06. The van der Waals surface area contributed by atoms with E-state index in [2.05, 4.69) is 26.5 Å². The maximum Gasteiger partial charge on any atom is 0.222 e. The summed E-state index contributed by atoms with van der Waals surface area (Å²) in [6.45, 7) is 3.62. The SMILES string of the molecule is C=CCc1nc2nc(N)ncc2[nH]1. The average molecular weight is 175 g/mol. The molecule has 0 aliphatic carbocycles. The van der Waals surface area contributed by atoms with Crippen molar-refractivity contribution < 1.29 is 0 Å². The molecule has 2 aromatic heterocycles. The zero-order valence-corrected chi connectivity index (χ0v) is 6.99. The van der Waals surface area contributed by atoms with E-state index in [9.17, 15) is 0 Å². The highest BCUT2D eigenvalue weighted by atomic mass is 15.1. The lowest BCUT2D eigenvalue weighted by atomic mass is 10.4. The van der Waals surface area contributed by atoms with Gasteiger partial charge in [-0.1, -0.05) is 6.08 Å². The largest absolute Gasteiger partial charge is 0.368 e. The molecule has 0 aliphatic heterocycles. The first-order valence-electron chi connectivity index (χ1n) is 3.87. The fourth-order valence-electron chi connectivity index (χ4n) is 1.10. The van der Waals surface area contributed by atoms with E-state index in [1.54, 1.807) is 12.3 Å². The monoisotopic (exact) mass is 175 g/mol. The van der Waals surface area contributed by atoms with Gasteiger partial charge in [0.15, 0.2) is 5.65 Å². The van der Waals surface area contributed by atoms with E-state index in [4.69, 9.17) is 5.73 Å². The molecule has 2 rings (SSSR count). The number of nitrogens with zero attached hydrogens (tertiary/aromatic N) is 3. The number of rotatable bonds is 2. The van der Waals surface area contributed by atoms with E-state index < -0.39 is 0 Å². The van der Waals surface area contributed by atoms with Gasteiger partial charge in [0.1, 0.15) is 11.3 Å². The number of nitrogens with one attached hydrogen (secondary N) is 1. The first-order chi connectivity index (χ1) is 6.29. The number of imidazole rings is 1. The van der Waals surface area contributed by atoms with Crippen LogP contribution in [0.25, 0.3) is 11.2 Å². The third kappa shape index (κ3) is 1.35. The minimum absolute atomic E-state index is 0.240. The summed E-state index contributed by atoms with van der Waals surface area (Å²) >= 11 is 0. The lowest BCUT2D eigenvalue weighted by molar-refractivity contribution is 1.07. The Morgan fingerprint density at radius 3 is 3.15 bits per heavy atom. The minimum Gasteiger partial charge on any atom is -0.368 e. The average Bonchev–Trinajstić information content (AvgIpc) is 2.46. The molecule has 0 bridgehead atoms. The Kier molecular flexibility index (Phi) is 1.70. The number of allylic oxidation sites excluding steroid dienone is 1. The molecule has 0 unspecified atom stereocenters. The molecule has 3 N–H and O–H groups in total. The number of anilines is 1. The van der Waals surface area contributed by atoms with Gasteiger partial charge in [-0.2, -0.15) is 4.98 Å². The molecule has 0 saturated heterocycles. The second-order valence-corrected chi connectivity index (χ2v) is 2.64. The molecule has 0 amide bonds. The summed E-state index contributed by atoms with van der Waals surface area (Å²) in [7, 11) is 0. The Morgan fingerprint density at radius 2 is 2.38 bits per heavy atom. The highest BCUT2D eigenvalue weighted by Crippen LogP contribution is 2.08. The van der Waals surface area contributed by atoms with Gasteiger partial charge in [-0.25, -0.2) is 9.97 Å². The van der Waals surface area contributed by atoms with Crippen LogP contribution >= 0.6 is 0 Å². The number of aromatic amines is 1. The first-order valence-corrected chi connectivity index (χ1v) is 3.87. The van der Waals surface area contributed by atoms with Gasteiger partial charge in [-0.05, 0) is 0 Å². The quantitative estimate of drug-likeness (QED) is 0.657. The van der Waals surface area contributed by atoms with Crippen LogP contribution in [-0.4, -0.2) is 19.9 Å². The molecule has 2 heterocycles. The van der Waals surface area contributed by atoms with Gasteiger partial charge in [0.25, 0.3) is 0 Å². The number of nitrogens with two attached hydrogens (primary N) is 1. The predicted octanol–water partition coefficient (Wildman–Crippen LogP) is 0.664. The van der Waals surface area contributed by atoms with Crippen LogP contribution in [0.2, 0.25) is 0 Å². The van der Waals surface area contributed by atoms with Crippen molar-refractivity contribution in [1.82, 2.24) is 19.9 Å². The van der Waals surface area contributed by atoms with Gasteiger partial charge < -0.3 is 10.7 Å². The van der Waals surface area contributed by atoms with Crippen molar-refractivity contribution in [3.63, 3.8) is 0 Å². The summed E-state index contributed by atoms with van der Waals surface area (Å²) in [5, 5.41) is 0. The van der Waals surface area contributed by atoms with Gasteiger partial charge in [0.05, 0.1) is 6.20 Å². The lowest BCUT2D eigenvalue weighted by Gasteiger charge is -1.87. The van der Waals surface area contributed by atoms with Gasteiger partial charge >= 0.3 is 0 Å². The van der Waals surface area contributed by atoms with E-state index in [0.717, 1.165) is 11.3 Å². The van der Waals surface area contributed by atoms with Crippen LogP contribution in [0.15, 0.2) is 18.9 Å². The zero-order valence-electron chi connectivity index (χ0n) is 6.99. The third-order valence-corrected chi connectivity index (χ3v) is 1.64. The van der Waals surface area contributed by atoms with Crippen LogP contribution in [0.4, 0.5) is 5.95 Å². The molecule has 0 saturated carbocycles. The van der Waals surface area contributed by atoms with Crippen molar-refractivity contribution in [3.8, 4) is 0 Å². The molecule has 5 heteroatoms. The Bertz CT molecular complexity index is 445. The van der Waals surface area contributed by atoms with Crippen LogP contribution in [-0.2, 0) is 6.42 Å². The first kappa shape index (κ1) is 7.72. The van der Waals surface area contributed by atoms with Crippen molar-refractivity contribution in [2.24, 2.45) is 0 Å². The van der Waals surface area contributed by atoms with Crippen LogP contribution in [0.3, 0.4) is 0 Å². The summed E-state index contributed by atoms with van der Waals surface area (Å²) in [5.41, 5.74) is 6.81. The van der Waals surface area contributed by atoms with E-state index in [-0.39, 0.29) is 5.95 Å². The van der Waals surface area contributed by atoms with E-state index >= 15 is 0 Å². The number of aromatic nitrogens is 4. The molecule has 0 aliphatic rings. The maximum atomic E-state index is 5.41. The molecule has 0 atom stereocenters. The Hall–Kier alpha value is -1.91. The summed E-state index contributed by atoms with van der Waals surface area (Å²) in [6.07, 6.45) is 4.09. The van der Waals surface area contributed by atoms with Crippen LogP contribution < -0.4 is 5.73 Å². The number of hydrogen-bond acceptors (Lipinski definition) is 4.